The Balaban J connectivity index is 2.69. The van der Waals surface area contributed by atoms with Gasteiger partial charge in [-0.2, -0.15) is 0 Å². The van der Waals surface area contributed by atoms with Crippen molar-refractivity contribution in [2.45, 2.75) is 84.9 Å². The zero-order valence-electron chi connectivity index (χ0n) is 13.5. The Morgan fingerprint density at radius 2 is 1.74 bits per heavy atom. The van der Waals surface area contributed by atoms with Crippen LogP contribution in [-0.4, -0.2) is 35.1 Å². The predicted octanol–water partition coefficient (Wildman–Crippen LogP) is 3.62. The molecule has 0 aromatic carbocycles. The number of hydrogen-bond acceptors (Lipinski definition) is 3. The van der Waals surface area contributed by atoms with E-state index < -0.39 is 5.60 Å². The fourth-order valence-electron chi connectivity index (χ4n) is 2.80. The molecule has 0 amide bonds. The number of nitrogens with zero attached hydrogens (tertiary/aromatic N) is 1. The lowest BCUT2D eigenvalue weighted by Crippen LogP contribution is -2.48. The maximum atomic E-state index is 12.3. The van der Waals surface area contributed by atoms with Gasteiger partial charge in [-0.15, -0.1) is 0 Å². The molecule has 1 fully saturated rings. The first-order chi connectivity index (χ1) is 8.70. The topological polar surface area (TPSA) is 29.5 Å². The van der Waals surface area contributed by atoms with Crippen LogP contribution < -0.4 is 0 Å². The minimum Gasteiger partial charge on any atom is -0.459 e. The third-order valence-electron chi connectivity index (χ3n) is 3.62. The minimum absolute atomic E-state index is 0.0833. The second-order valence-electron chi connectivity index (χ2n) is 7.24. The predicted molar refractivity (Wildman–Crippen MR) is 79.1 cm³/mol. The van der Waals surface area contributed by atoms with E-state index in [0.717, 1.165) is 6.54 Å². The summed E-state index contributed by atoms with van der Waals surface area (Å²) in [6, 6.07) is 0.426. The summed E-state index contributed by atoms with van der Waals surface area (Å²) in [5.41, 5.74) is -0.398. The third-order valence-corrected chi connectivity index (χ3v) is 3.62. The zero-order chi connectivity index (χ0) is 14.6. The third kappa shape index (κ3) is 5.52. The van der Waals surface area contributed by atoms with Gasteiger partial charge in [0.1, 0.15) is 11.6 Å². The van der Waals surface area contributed by atoms with E-state index in [-0.39, 0.29) is 12.0 Å². The van der Waals surface area contributed by atoms with E-state index in [1.54, 1.807) is 0 Å². The summed E-state index contributed by atoms with van der Waals surface area (Å²) in [5, 5.41) is 0. The summed E-state index contributed by atoms with van der Waals surface area (Å²) in [6.45, 7) is 13.2. The maximum absolute atomic E-state index is 12.3. The minimum atomic E-state index is -0.398. The largest absolute Gasteiger partial charge is 0.459 e. The summed E-state index contributed by atoms with van der Waals surface area (Å²) in [4.78, 5) is 14.6. The summed E-state index contributed by atoms with van der Waals surface area (Å²) in [6.07, 6.45) is 5.03. The van der Waals surface area contributed by atoms with Crippen molar-refractivity contribution in [3.63, 3.8) is 0 Å². The van der Waals surface area contributed by atoms with Crippen LogP contribution in [0.1, 0.15) is 67.2 Å². The van der Waals surface area contributed by atoms with Gasteiger partial charge in [0.25, 0.3) is 0 Å². The average molecular weight is 269 g/mol. The van der Waals surface area contributed by atoms with Gasteiger partial charge in [-0.25, -0.2) is 0 Å². The van der Waals surface area contributed by atoms with Crippen LogP contribution in [0.2, 0.25) is 0 Å². The molecule has 0 aromatic rings. The lowest BCUT2D eigenvalue weighted by atomic mass is 10.1. The molecule has 0 bridgehead atoms. The standard InChI is InChI=1S/C16H31NO2/c1-12(2)11-17(14-9-7-8-10-14)13(3)15(18)19-16(4,5)6/h12-14H,7-11H2,1-6H3. The van der Waals surface area contributed by atoms with Crippen LogP contribution in [0.25, 0.3) is 0 Å². The van der Waals surface area contributed by atoms with Crippen molar-refractivity contribution in [3.05, 3.63) is 0 Å². The van der Waals surface area contributed by atoms with Crippen LogP contribution in [0, 0.1) is 5.92 Å². The fourth-order valence-corrected chi connectivity index (χ4v) is 2.80. The van der Waals surface area contributed by atoms with Crippen LogP contribution in [0.5, 0.6) is 0 Å². The molecular formula is C16H31NO2. The Hall–Kier alpha value is -0.570. The van der Waals surface area contributed by atoms with Crippen LogP contribution in [0.4, 0.5) is 0 Å². The second-order valence-corrected chi connectivity index (χ2v) is 7.24. The molecule has 0 spiro atoms. The molecule has 1 aliphatic rings. The molecule has 1 unspecified atom stereocenters. The zero-order valence-corrected chi connectivity index (χ0v) is 13.5. The first-order valence-electron chi connectivity index (χ1n) is 7.69. The van der Waals surface area contributed by atoms with Gasteiger partial charge in [-0.1, -0.05) is 26.7 Å². The van der Waals surface area contributed by atoms with Gasteiger partial charge >= 0.3 is 5.97 Å². The van der Waals surface area contributed by atoms with Gasteiger partial charge in [0.05, 0.1) is 0 Å². The van der Waals surface area contributed by atoms with E-state index in [1.807, 2.05) is 27.7 Å². The monoisotopic (exact) mass is 269 g/mol. The first kappa shape index (κ1) is 16.5. The fraction of sp³-hybridized carbons (Fsp3) is 0.938. The summed E-state index contributed by atoms with van der Waals surface area (Å²) in [5.74, 6) is 0.491. The number of ether oxygens (including phenoxy) is 1. The Kier molecular flexibility index (Phi) is 5.84. The summed E-state index contributed by atoms with van der Waals surface area (Å²) >= 11 is 0. The molecule has 112 valence electrons. The van der Waals surface area contributed by atoms with Gasteiger partial charge in [0, 0.05) is 12.6 Å². The van der Waals surface area contributed by atoms with Crippen molar-refractivity contribution in [2.24, 2.45) is 5.92 Å². The number of carbonyl (C=O) groups is 1. The number of hydrogen-bond donors (Lipinski definition) is 0. The van der Waals surface area contributed by atoms with Crippen molar-refractivity contribution < 1.29 is 9.53 Å². The maximum Gasteiger partial charge on any atom is 0.323 e. The number of esters is 1. The van der Waals surface area contributed by atoms with Crippen molar-refractivity contribution in [1.82, 2.24) is 4.90 Å². The molecule has 1 saturated carbocycles. The van der Waals surface area contributed by atoms with Gasteiger partial charge in [0.2, 0.25) is 0 Å². The molecule has 0 radical (unpaired) electrons. The molecule has 0 aliphatic heterocycles. The van der Waals surface area contributed by atoms with Crippen molar-refractivity contribution in [3.8, 4) is 0 Å². The highest BCUT2D eigenvalue weighted by Gasteiger charge is 2.32. The van der Waals surface area contributed by atoms with Crippen LogP contribution in [0.15, 0.2) is 0 Å². The first-order valence-corrected chi connectivity index (χ1v) is 7.69. The van der Waals surface area contributed by atoms with E-state index in [1.165, 1.54) is 25.7 Å². The molecule has 0 saturated heterocycles. The summed E-state index contributed by atoms with van der Waals surface area (Å²) < 4.78 is 5.54. The quantitative estimate of drug-likeness (QED) is 0.714. The van der Waals surface area contributed by atoms with Crippen LogP contribution >= 0.6 is 0 Å². The molecule has 3 heteroatoms. The van der Waals surface area contributed by atoms with Crippen LogP contribution in [-0.2, 0) is 9.53 Å². The summed E-state index contributed by atoms with van der Waals surface area (Å²) in [7, 11) is 0. The highest BCUT2D eigenvalue weighted by atomic mass is 16.6. The molecule has 0 aromatic heterocycles. The SMILES string of the molecule is CC(C)CN(C1CCCC1)C(C)C(=O)OC(C)(C)C. The van der Waals surface area contributed by atoms with E-state index >= 15 is 0 Å². The smallest absolute Gasteiger partial charge is 0.323 e. The van der Waals surface area contributed by atoms with E-state index in [2.05, 4.69) is 18.7 Å². The van der Waals surface area contributed by atoms with E-state index in [4.69, 9.17) is 4.74 Å². The van der Waals surface area contributed by atoms with Crippen molar-refractivity contribution in [2.75, 3.05) is 6.54 Å². The highest BCUT2D eigenvalue weighted by molar-refractivity contribution is 5.75. The molecule has 19 heavy (non-hydrogen) atoms. The van der Waals surface area contributed by atoms with Gasteiger partial charge in [-0.3, -0.25) is 9.69 Å². The van der Waals surface area contributed by atoms with Crippen molar-refractivity contribution in [1.29, 1.82) is 0 Å². The van der Waals surface area contributed by atoms with Gasteiger partial charge in [-0.05, 0) is 46.5 Å². The lowest BCUT2D eigenvalue weighted by Gasteiger charge is -2.35. The molecule has 0 heterocycles. The Morgan fingerprint density at radius 3 is 2.16 bits per heavy atom. The Morgan fingerprint density at radius 1 is 1.21 bits per heavy atom. The van der Waals surface area contributed by atoms with Gasteiger partial charge in [0.15, 0.2) is 0 Å². The highest BCUT2D eigenvalue weighted by Crippen LogP contribution is 2.26. The molecule has 1 aliphatic carbocycles. The Bertz CT molecular complexity index is 288. The number of rotatable bonds is 5. The molecule has 1 atom stereocenters. The average Bonchev–Trinajstić information content (AvgIpc) is 2.75. The molecule has 3 nitrogen and oxygen atoms in total. The number of carbonyl (C=O) groups excluding carboxylic acids is 1. The molecule has 0 N–H and O–H groups in total. The normalized spacial score (nSPS) is 19.2. The van der Waals surface area contributed by atoms with Crippen LogP contribution in [0.3, 0.4) is 0 Å². The molecular weight excluding hydrogens is 238 g/mol. The molecule has 1 rings (SSSR count). The van der Waals surface area contributed by atoms with E-state index in [0.29, 0.717) is 12.0 Å². The second kappa shape index (κ2) is 6.74. The van der Waals surface area contributed by atoms with Gasteiger partial charge < -0.3 is 4.74 Å². The Labute approximate surface area is 118 Å². The lowest BCUT2D eigenvalue weighted by molar-refractivity contribution is -0.162. The van der Waals surface area contributed by atoms with E-state index in [9.17, 15) is 4.79 Å². The van der Waals surface area contributed by atoms with Crippen molar-refractivity contribution >= 4 is 5.97 Å².